The predicted molar refractivity (Wildman–Crippen MR) is 93.5 cm³/mol. The summed E-state index contributed by atoms with van der Waals surface area (Å²) in [6.07, 6.45) is 0.796. The number of aldehydes is 1. The van der Waals surface area contributed by atoms with E-state index >= 15 is 0 Å². The fourth-order valence-corrected chi connectivity index (χ4v) is 3.68. The molecule has 1 saturated heterocycles. The van der Waals surface area contributed by atoms with Gasteiger partial charge in [0.15, 0.2) is 6.29 Å². The number of hydrogen-bond acceptors (Lipinski definition) is 5. The molecule has 0 saturated carbocycles. The van der Waals surface area contributed by atoms with Crippen LogP contribution in [0.4, 0.5) is 11.4 Å². The minimum absolute atomic E-state index is 0.0378. The first-order valence-electron chi connectivity index (χ1n) is 7.36. The lowest BCUT2D eigenvalue weighted by Crippen LogP contribution is -2.32. The van der Waals surface area contributed by atoms with Gasteiger partial charge in [0.05, 0.1) is 4.92 Å². The zero-order valence-electron chi connectivity index (χ0n) is 12.5. The van der Waals surface area contributed by atoms with Crippen molar-refractivity contribution in [3.05, 3.63) is 58.1 Å². The number of anilines is 1. The van der Waals surface area contributed by atoms with Crippen molar-refractivity contribution >= 4 is 29.4 Å². The van der Waals surface area contributed by atoms with Gasteiger partial charge in [-0.25, -0.2) is 0 Å². The van der Waals surface area contributed by atoms with E-state index in [1.54, 1.807) is 24.3 Å². The van der Waals surface area contributed by atoms with E-state index in [-0.39, 0.29) is 5.69 Å². The van der Waals surface area contributed by atoms with Crippen LogP contribution in [-0.4, -0.2) is 35.8 Å². The lowest BCUT2D eigenvalue weighted by Gasteiger charge is -2.30. The Bertz CT molecular complexity index is 742. The minimum atomic E-state index is -0.400. The molecule has 0 spiro atoms. The van der Waals surface area contributed by atoms with Crippen molar-refractivity contribution in [2.75, 3.05) is 29.5 Å². The summed E-state index contributed by atoms with van der Waals surface area (Å²) >= 11 is 1.90. The van der Waals surface area contributed by atoms with E-state index in [1.165, 1.54) is 6.07 Å². The molecule has 0 atom stereocenters. The molecule has 0 N–H and O–H groups in total. The smallest absolute Gasteiger partial charge is 0.270 e. The summed E-state index contributed by atoms with van der Waals surface area (Å²) in [7, 11) is 0. The zero-order valence-corrected chi connectivity index (χ0v) is 13.3. The maximum absolute atomic E-state index is 11.4. The van der Waals surface area contributed by atoms with Gasteiger partial charge in [0.25, 0.3) is 5.69 Å². The maximum atomic E-state index is 11.4. The van der Waals surface area contributed by atoms with Gasteiger partial charge in [-0.15, -0.1) is 0 Å². The van der Waals surface area contributed by atoms with Crippen LogP contribution in [-0.2, 0) is 0 Å². The fraction of sp³-hybridized carbons (Fsp3) is 0.235. The molecule has 0 aliphatic carbocycles. The second-order valence-corrected chi connectivity index (χ2v) is 6.49. The molecule has 23 heavy (non-hydrogen) atoms. The third-order valence-corrected chi connectivity index (χ3v) is 4.86. The summed E-state index contributed by atoms with van der Waals surface area (Å²) in [5, 5.41) is 11.1. The van der Waals surface area contributed by atoms with Crippen molar-refractivity contribution in [2.24, 2.45) is 0 Å². The Labute approximate surface area is 138 Å². The zero-order chi connectivity index (χ0) is 16.2. The first-order chi connectivity index (χ1) is 11.2. The molecule has 2 aromatic carbocycles. The number of nitrogens with zero attached hydrogens (tertiary/aromatic N) is 2. The number of benzene rings is 2. The molecule has 1 aliphatic rings. The first-order valence-corrected chi connectivity index (χ1v) is 8.52. The summed E-state index contributed by atoms with van der Waals surface area (Å²) in [6.45, 7) is 1.80. The molecule has 0 aromatic heterocycles. The number of carbonyl (C=O) groups excluding carboxylic acids is 1. The molecular weight excluding hydrogens is 312 g/mol. The van der Waals surface area contributed by atoms with Gasteiger partial charge in [-0.1, -0.05) is 24.3 Å². The van der Waals surface area contributed by atoms with Gasteiger partial charge in [-0.05, 0) is 11.6 Å². The molecule has 6 heteroatoms. The second kappa shape index (κ2) is 6.83. The van der Waals surface area contributed by atoms with Crippen molar-refractivity contribution in [3.8, 4) is 11.1 Å². The highest BCUT2D eigenvalue weighted by Crippen LogP contribution is 2.36. The quantitative estimate of drug-likeness (QED) is 0.487. The van der Waals surface area contributed by atoms with E-state index in [1.807, 2.05) is 23.9 Å². The highest BCUT2D eigenvalue weighted by atomic mass is 32.2. The number of thioether (sulfide) groups is 1. The van der Waals surface area contributed by atoms with Crippen LogP contribution in [0.5, 0.6) is 0 Å². The third-order valence-electron chi connectivity index (χ3n) is 3.92. The Morgan fingerprint density at radius 3 is 2.52 bits per heavy atom. The van der Waals surface area contributed by atoms with Crippen molar-refractivity contribution in [1.29, 1.82) is 0 Å². The van der Waals surface area contributed by atoms with Crippen LogP contribution in [0, 0.1) is 10.1 Å². The van der Waals surface area contributed by atoms with E-state index in [2.05, 4.69) is 4.90 Å². The molecule has 1 aliphatic heterocycles. The summed E-state index contributed by atoms with van der Waals surface area (Å²) in [5.41, 5.74) is 3.01. The van der Waals surface area contributed by atoms with Crippen LogP contribution in [0.25, 0.3) is 11.1 Å². The normalized spacial score (nSPS) is 14.5. The van der Waals surface area contributed by atoms with E-state index in [9.17, 15) is 14.9 Å². The van der Waals surface area contributed by atoms with E-state index in [4.69, 9.17) is 0 Å². The van der Waals surface area contributed by atoms with Crippen LogP contribution in [0.1, 0.15) is 10.4 Å². The fourth-order valence-electron chi connectivity index (χ4n) is 2.78. The molecule has 3 rings (SSSR count). The van der Waals surface area contributed by atoms with Gasteiger partial charge in [-0.2, -0.15) is 11.8 Å². The number of non-ortho nitro benzene ring substituents is 1. The van der Waals surface area contributed by atoms with Crippen molar-refractivity contribution in [3.63, 3.8) is 0 Å². The van der Waals surface area contributed by atoms with Crippen molar-refractivity contribution < 1.29 is 9.72 Å². The molecule has 1 heterocycles. The number of nitro benzene ring substituents is 1. The van der Waals surface area contributed by atoms with Gasteiger partial charge in [0.2, 0.25) is 0 Å². The minimum Gasteiger partial charge on any atom is -0.369 e. The lowest BCUT2D eigenvalue weighted by molar-refractivity contribution is -0.384. The summed E-state index contributed by atoms with van der Waals surface area (Å²) in [5.74, 6) is 2.07. The molecule has 0 radical (unpaired) electrons. The average Bonchev–Trinajstić information content (AvgIpc) is 2.62. The molecule has 0 bridgehead atoms. The number of nitro groups is 1. The monoisotopic (exact) mass is 328 g/mol. The van der Waals surface area contributed by atoms with E-state index in [0.29, 0.717) is 5.56 Å². The van der Waals surface area contributed by atoms with Crippen LogP contribution in [0.15, 0.2) is 42.5 Å². The van der Waals surface area contributed by atoms with Gasteiger partial charge in [0, 0.05) is 53.5 Å². The summed E-state index contributed by atoms with van der Waals surface area (Å²) in [4.78, 5) is 24.3. The Hall–Kier alpha value is -2.34. The highest BCUT2D eigenvalue weighted by Gasteiger charge is 2.20. The Balaban J connectivity index is 2.16. The molecule has 5 nitrogen and oxygen atoms in total. The van der Waals surface area contributed by atoms with Gasteiger partial charge in [-0.3, -0.25) is 14.9 Å². The number of hydrogen-bond donors (Lipinski definition) is 0. The second-order valence-electron chi connectivity index (χ2n) is 5.26. The average molecular weight is 328 g/mol. The molecule has 0 unspecified atom stereocenters. The van der Waals surface area contributed by atoms with E-state index in [0.717, 1.165) is 47.7 Å². The Morgan fingerprint density at radius 2 is 1.83 bits per heavy atom. The Morgan fingerprint density at radius 1 is 1.09 bits per heavy atom. The van der Waals surface area contributed by atoms with Crippen molar-refractivity contribution in [1.82, 2.24) is 0 Å². The summed E-state index contributed by atoms with van der Waals surface area (Å²) in [6, 6.07) is 12.1. The lowest BCUT2D eigenvalue weighted by atomic mass is 9.97. The molecule has 1 fully saturated rings. The Kier molecular flexibility index (Phi) is 4.62. The molecule has 0 amide bonds. The van der Waals surface area contributed by atoms with Crippen LogP contribution >= 0.6 is 11.8 Å². The SMILES string of the molecule is O=Cc1ccccc1-c1cc([N+](=O)[O-])ccc1N1CCSCC1. The number of rotatable bonds is 4. The topological polar surface area (TPSA) is 63.4 Å². The van der Waals surface area contributed by atoms with Crippen LogP contribution in [0.2, 0.25) is 0 Å². The highest BCUT2D eigenvalue weighted by molar-refractivity contribution is 7.99. The summed E-state index contributed by atoms with van der Waals surface area (Å²) < 4.78 is 0. The molecular formula is C17H16N2O3S. The number of carbonyl (C=O) groups is 1. The first kappa shape index (κ1) is 15.6. The van der Waals surface area contributed by atoms with Crippen LogP contribution in [0.3, 0.4) is 0 Å². The predicted octanol–water partition coefficient (Wildman–Crippen LogP) is 3.63. The largest absolute Gasteiger partial charge is 0.369 e. The van der Waals surface area contributed by atoms with Crippen molar-refractivity contribution in [2.45, 2.75) is 0 Å². The van der Waals surface area contributed by atoms with Gasteiger partial charge < -0.3 is 4.90 Å². The third kappa shape index (κ3) is 3.22. The molecule has 2 aromatic rings. The van der Waals surface area contributed by atoms with Gasteiger partial charge >= 0.3 is 0 Å². The van der Waals surface area contributed by atoms with Gasteiger partial charge in [0.1, 0.15) is 0 Å². The maximum Gasteiger partial charge on any atom is 0.270 e. The molecule has 118 valence electrons. The van der Waals surface area contributed by atoms with E-state index < -0.39 is 4.92 Å². The standard InChI is InChI=1S/C17H16N2O3S/c20-12-13-3-1-2-4-15(13)16-11-14(19(21)22)5-6-17(16)18-7-9-23-10-8-18/h1-6,11-12H,7-10H2. The van der Waals surface area contributed by atoms with Crippen LogP contribution < -0.4 is 4.90 Å².